The van der Waals surface area contributed by atoms with Gasteiger partial charge in [-0.25, -0.2) is 0 Å². The predicted molar refractivity (Wildman–Crippen MR) is 289 cm³/mol. The first-order valence-corrected chi connectivity index (χ1v) is 25.6. The van der Waals surface area contributed by atoms with Crippen molar-refractivity contribution in [3.63, 3.8) is 0 Å². The van der Waals surface area contributed by atoms with Crippen LogP contribution in [0.4, 0.5) is 34.1 Å². The number of fused-ring (bicyclic) bond motifs is 13. The number of nitrogens with zero attached hydrogens (tertiary/aromatic N) is 2. The standard InChI is InChI=1S/C68H56N2/c1-67(2)60-22-12-9-19-54(60)57-32-29-51(40-63(57)67)70(50-27-25-45(26-28-50)66-46-36-43-35-44(38-46)39-47(66)37-43)53-31-34-59-56-21-11-14-24-62(56)68(65(59)42-53)61-23-13-10-20-55(61)58-33-30-52(41-64(58)68)69(48-15-5-3-6-16-48)49-17-7-4-8-18-49/h3-34,40-44,46-47,66H,35-39H2,1-2H3/i25D,26D,27D,28D. The molecular weight excluding hydrogens is 845 g/mol. The number of hydrogen-bond acceptors (Lipinski definition) is 2. The summed E-state index contributed by atoms with van der Waals surface area (Å²) in [7, 11) is 0. The summed E-state index contributed by atoms with van der Waals surface area (Å²) in [5, 5.41) is 0. The Morgan fingerprint density at radius 2 is 0.743 bits per heavy atom. The van der Waals surface area contributed by atoms with E-state index in [2.05, 4.69) is 212 Å². The van der Waals surface area contributed by atoms with E-state index >= 15 is 0 Å². The molecule has 4 fully saturated rings. The molecule has 4 bridgehead atoms. The van der Waals surface area contributed by atoms with E-state index in [9.17, 15) is 5.48 Å². The molecule has 0 aliphatic heterocycles. The summed E-state index contributed by atoms with van der Waals surface area (Å²) in [6, 6.07) is 68.3. The number of para-hydroxylation sites is 2. The summed E-state index contributed by atoms with van der Waals surface area (Å²) in [5.41, 5.74) is 19.0. The highest BCUT2D eigenvalue weighted by molar-refractivity contribution is 5.98. The molecule has 0 heterocycles. The van der Waals surface area contributed by atoms with Gasteiger partial charge in [0, 0.05) is 39.5 Å². The van der Waals surface area contributed by atoms with Crippen molar-refractivity contribution in [1.29, 1.82) is 0 Å². The van der Waals surface area contributed by atoms with E-state index in [0.717, 1.165) is 77.1 Å². The third kappa shape index (κ3) is 5.68. The monoisotopic (exact) mass is 904 g/mol. The third-order valence-electron chi connectivity index (χ3n) is 17.8. The SMILES string of the molecule is [2H]c1c([2H])c(N(c2ccc3c(c2)C(C)(C)c2ccccc2-3)c2ccc3c(c2)C2(c4ccccc4-c4ccc(N(c5ccccc5)c5ccccc5)cc42)c2ccccc2-3)c([2H])c([2H])c1C1C2CC3CC(C2)CC1C3. The molecule has 1 unspecified atom stereocenters. The number of anilines is 6. The summed E-state index contributed by atoms with van der Waals surface area (Å²) in [5.74, 6) is 2.36. The van der Waals surface area contributed by atoms with E-state index in [1.54, 1.807) is 0 Å². The molecule has 0 radical (unpaired) electrons. The Morgan fingerprint density at radius 3 is 1.24 bits per heavy atom. The lowest BCUT2D eigenvalue weighted by atomic mass is 9.51. The van der Waals surface area contributed by atoms with Crippen LogP contribution in [0.15, 0.2) is 212 Å². The molecule has 9 aromatic rings. The largest absolute Gasteiger partial charge is 0.310 e. The van der Waals surface area contributed by atoms with Gasteiger partial charge >= 0.3 is 0 Å². The van der Waals surface area contributed by atoms with Gasteiger partial charge in [-0.1, -0.05) is 153 Å². The summed E-state index contributed by atoms with van der Waals surface area (Å²) in [6.07, 6.45) is 5.88. The Hall–Kier alpha value is -7.42. The zero-order chi connectivity index (χ0) is 49.8. The molecule has 1 spiro atoms. The van der Waals surface area contributed by atoms with Gasteiger partial charge in [-0.05, 0) is 207 Å². The summed E-state index contributed by atoms with van der Waals surface area (Å²) < 4.78 is 40.4. The van der Waals surface area contributed by atoms with Crippen LogP contribution in [-0.4, -0.2) is 0 Å². The van der Waals surface area contributed by atoms with Crippen molar-refractivity contribution in [2.24, 2.45) is 23.7 Å². The smallest absolute Gasteiger partial charge is 0.0727 e. The quantitative estimate of drug-likeness (QED) is 0.157. The van der Waals surface area contributed by atoms with Crippen molar-refractivity contribution in [3.8, 4) is 33.4 Å². The van der Waals surface area contributed by atoms with Crippen LogP contribution >= 0.6 is 0 Å². The number of rotatable bonds is 7. The Kier molecular flexibility index (Phi) is 7.85. The Morgan fingerprint density at radius 1 is 0.357 bits per heavy atom. The van der Waals surface area contributed by atoms with Gasteiger partial charge in [0.05, 0.1) is 10.9 Å². The first kappa shape index (κ1) is 36.5. The second-order valence-electron chi connectivity index (χ2n) is 21.8. The zero-order valence-electron chi connectivity index (χ0n) is 43.7. The second kappa shape index (κ2) is 15.0. The molecule has 338 valence electrons. The summed E-state index contributed by atoms with van der Waals surface area (Å²) in [4.78, 5) is 4.42. The lowest BCUT2D eigenvalue weighted by Gasteiger charge is -2.54. The molecule has 16 rings (SSSR count). The molecule has 2 nitrogen and oxygen atoms in total. The van der Waals surface area contributed by atoms with E-state index in [-0.39, 0.29) is 35.5 Å². The van der Waals surface area contributed by atoms with E-state index < -0.39 is 5.41 Å². The normalized spacial score (nSPS) is 23.8. The van der Waals surface area contributed by atoms with Crippen molar-refractivity contribution in [2.75, 3.05) is 9.80 Å². The van der Waals surface area contributed by atoms with E-state index in [1.807, 2.05) is 0 Å². The average molecular weight is 905 g/mol. The van der Waals surface area contributed by atoms with E-state index in [4.69, 9.17) is 0 Å². The highest BCUT2D eigenvalue weighted by Gasteiger charge is 2.53. The van der Waals surface area contributed by atoms with Crippen LogP contribution in [0, 0.1) is 23.7 Å². The minimum Gasteiger partial charge on any atom is -0.310 e. The maximum Gasteiger partial charge on any atom is 0.0727 e. The van der Waals surface area contributed by atoms with Gasteiger partial charge < -0.3 is 9.80 Å². The fourth-order valence-corrected chi connectivity index (χ4v) is 15.2. The molecule has 4 saturated carbocycles. The maximum absolute atomic E-state index is 10.2. The number of hydrogen-bond donors (Lipinski definition) is 0. The highest BCUT2D eigenvalue weighted by Crippen LogP contribution is 2.65. The summed E-state index contributed by atoms with van der Waals surface area (Å²) >= 11 is 0. The average Bonchev–Trinajstić information content (AvgIpc) is 4.07. The third-order valence-corrected chi connectivity index (χ3v) is 17.8. The van der Waals surface area contributed by atoms with Crippen LogP contribution in [0.3, 0.4) is 0 Å². The van der Waals surface area contributed by atoms with Crippen molar-refractivity contribution in [2.45, 2.75) is 62.7 Å². The van der Waals surface area contributed by atoms with Crippen molar-refractivity contribution in [3.05, 3.63) is 251 Å². The van der Waals surface area contributed by atoms with Gasteiger partial charge in [0.25, 0.3) is 0 Å². The zero-order valence-corrected chi connectivity index (χ0v) is 39.7. The topological polar surface area (TPSA) is 6.48 Å². The molecule has 7 aliphatic rings. The molecule has 2 heteroatoms. The molecule has 0 aromatic heterocycles. The molecule has 0 N–H and O–H groups in total. The second-order valence-corrected chi connectivity index (χ2v) is 21.8. The molecule has 1 atom stereocenters. The van der Waals surface area contributed by atoms with Gasteiger partial charge in [-0.3, -0.25) is 0 Å². The molecule has 7 aliphatic carbocycles. The van der Waals surface area contributed by atoms with Crippen molar-refractivity contribution < 1.29 is 5.48 Å². The van der Waals surface area contributed by atoms with Gasteiger partial charge in [-0.2, -0.15) is 0 Å². The first-order valence-electron chi connectivity index (χ1n) is 27.6. The Labute approximate surface area is 418 Å². The molecule has 70 heavy (non-hydrogen) atoms. The molecule has 9 aromatic carbocycles. The summed E-state index contributed by atoms with van der Waals surface area (Å²) in [6.45, 7) is 4.58. The van der Waals surface area contributed by atoms with Crippen LogP contribution < -0.4 is 9.80 Å². The molecular formula is C68H56N2. The van der Waals surface area contributed by atoms with Crippen LogP contribution in [0.2, 0.25) is 0 Å². The minimum atomic E-state index is -0.728. The minimum absolute atomic E-state index is 0.0273. The Bertz CT molecular complexity index is 3700. The first-order chi connectivity index (χ1) is 36.1. The van der Waals surface area contributed by atoms with Gasteiger partial charge in [0.15, 0.2) is 0 Å². The lowest BCUT2D eigenvalue weighted by molar-refractivity contribution is -0.00277. The van der Waals surface area contributed by atoms with Gasteiger partial charge in [0.2, 0.25) is 0 Å². The van der Waals surface area contributed by atoms with Gasteiger partial charge in [-0.15, -0.1) is 0 Å². The van der Waals surface area contributed by atoms with Crippen molar-refractivity contribution in [1.82, 2.24) is 0 Å². The molecule has 0 saturated heterocycles. The Balaban J connectivity index is 0.974. The maximum atomic E-state index is 10.2. The van der Waals surface area contributed by atoms with E-state index in [1.165, 1.54) is 62.1 Å². The van der Waals surface area contributed by atoms with Crippen LogP contribution in [0.1, 0.15) is 96.3 Å². The number of benzene rings is 9. The van der Waals surface area contributed by atoms with E-state index in [0.29, 0.717) is 23.1 Å². The van der Waals surface area contributed by atoms with Crippen LogP contribution in [0.25, 0.3) is 33.4 Å². The van der Waals surface area contributed by atoms with Crippen LogP contribution in [0.5, 0.6) is 0 Å². The highest BCUT2D eigenvalue weighted by atomic mass is 15.1. The van der Waals surface area contributed by atoms with Crippen LogP contribution in [-0.2, 0) is 10.8 Å². The predicted octanol–water partition coefficient (Wildman–Crippen LogP) is 17.8. The fraction of sp³-hybridized carbons (Fsp3) is 0.206. The lowest BCUT2D eigenvalue weighted by Crippen LogP contribution is -2.43. The molecule has 0 amide bonds. The van der Waals surface area contributed by atoms with Crippen molar-refractivity contribution >= 4 is 34.1 Å². The van der Waals surface area contributed by atoms with Gasteiger partial charge in [0.1, 0.15) is 0 Å². The fourth-order valence-electron chi connectivity index (χ4n) is 15.2.